The quantitative estimate of drug-likeness (QED) is 0.809. The summed E-state index contributed by atoms with van der Waals surface area (Å²) in [5, 5.41) is 9.06. The molecule has 0 spiro atoms. The van der Waals surface area contributed by atoms with E-state index < -0.39 is 12.0 Å². The first-order chi connectivity index (χ1) is 7.68. The van der Waals surface area contributed by atoms with Gasteiger partial charge < -0.3 is 10.0 Å². The van der Waals surface area contributed by atoms with Gasteiger partial charge in [0.2, 0.25) is 5.91 Å². The maximum Gasteiger partial charge on any atom is 0.327 e. The highest BCUT2D eigenvalue weighted by Crippen LogP contribution is 2.30. The van der Waals surface area contributed by atoms with Gasteiger partial charge in [0, 0.05) is 24.5 Å². The Hall–Kier alpha value is -0.710. The first kappa shape index (κ1) is 11.8. The van der Waals surface area contributed by atoms with Gasteiger partial charge in [0.1, 0.15) is 6.04 Å². The zero-order chi connectivity index (χ0) is 11.5. The van der Waals surface area contributed by atoms with Gasteiger partial charge in [-0.15, -0.1) is 0 Å². The standard InChI is InChI=1S/C11H17NO3S/c13-10(6-8-2-1-3-8)12-4-5-16-7-9(12)11(14)15/h8-9H,1-7H2,(H,14,15). The molecule has 0 aromatic carbocycles. The molecule has 4 nitrogen and oxygen atoms in total. The minimum atomic E-state index is -0.867. The Morgan fingerprint density at radius 1 is 1.38 bits per heavy atom. The highest BCUT2D eigenvalue weighted by molar-refractivity contribution is 7.99. The maximum atomic E-state index is 12.0. The molecule has 1 aliphatic carbocycles. The van der Waals surface area contributed by atoms with E-state index in [0.29, 0.717) is 24.6 Å². The summed E-state index contributed by atoms with van der Waals surface area (Å²) in [5.74, 6) is 1.08. The Bertz CT molecular complexity index is 291. The summed E-state index contributed by atoms with van der Waals surface area (Å²) >= 11 is 1.62. The normalized spacial score (nSPS) is 26.2. The van der Waals surface area contributed by atoms with Crippen molar-refractivity contribution in [1.82, 2.24) is 4.90 Å². The first-order valence-corrected chi connectivity index (χ1v) is 6.94. The molecule has 1 saturated carbocycles. The van der Waals surface area contributed by atoms with Gasteiger partial charge in [-0.1, -0.05) is 6.42 Å². The second-order valence-electron chi connectivity index (χ2n) is 4.52. The molecule has 90 valence electrons. The number of carbonyl (C=O) groups excluding carboxylic acids is 1. The largest absolute Gasteiger partial charge is 0.480 e. The van der Waals surface area contributed by atoms with Crippen LogP contribution in [0.25, 0.3) is 0 Å². The number of thioether (sulfide) groups is 1. The molecular formula is C11H17NO3S. The van der Waals surface area contributed by atoms with Crippen LogP contribution < -0.4 is 0 Å². The van der Waals surface area contributed by atoms with Crippen LogP contribution >= 0.6 is 11.8 Å². The Morgan fingerprint density at radius 3 is 2.69 bits per heavy atom. The number of carboxylic acid groups (broad SMARTS) is 1. The molecule has 1 saturated heterocycles. The molecule has 5 heteroatoms. The molecule has 1 amide bonds. The molecule has 0 aromatic heterocycles. The lowest BCUT2D eigenvalue weighted by Crippen LogP contribution is -2.50. The zero-order valence-electron chi connectivity index (χ0n) is 9.22. The van der Waals surface area contributed by atoms with Crippen LogP contribution in [0.3, 0.4) is 0 Å². The fraction of sp³-hybridized carbons (Fsp3) is 0.818. The van der Waals surface area contributed by atoms with Crippen molar-refractivity contribution >= 4 is 23.6 Å². The van der Waals surface area contributed by atoms with Gasteiger partial charge in [0.05, 0.1) is 0 Å². The van der Waals surface area contributed by atoms with Gasteiger partial charge in [0.15, 0.2) is 0 Å². The van der Waals surface area contributed by atoms with Crippen LogP contribution in [0.5, 0.6) is 0 Å². The van der Waals surface area contributed by atoms with Crippen LogP contribution in [0.15, 0.2) is 0 Å². The average molecular weight is 243 g/mol. The second-order valence-corrected chi connectivity index (χ2v) is 5.67. The molecule has 1 heterocycles. The first-order valence-electron chi connectivity index (χ1n) is 5.78. The van der Waals surface area contributed by atoms with Crippen LogP contribution in [0.2, 0.25) is 0 Å². The minimum absolute atomic E-state index is 0.0393. The van der Waals surface area contributed by atoms with Crippen molar-refractivity contribution in [3.63, 3.8) is 0 Å². The summed E-state index contributed by atoms with van der Waals surface area (Å²) in [6.07, 6.45) is 4.03. The Morgan fingerprint density at radius 2 is 2.12 bits per heavy atom. The molecule has 0 radical (unpaired) electrons. The van der Waals surface area contributed by atoms with E-state index in [1.165, 1.54) is 6.42 Å². The van der Waals surface area contributed by atoms with E-state index in [2.05, 4.69) is 0 Å². The number of amides is 1. The average Bonchev–Trinajstić information content (AvgIpc) is 2.23. The van der Waals surface area contributed by atoms with Gasteiger partial charge in [-0.05, 0) is 18.8 Å². The molecule has 1 aliphatic heterocycles. The number of carbonyl (C=O) groups is 2. The zero-order valence-corrected chi connectivity index (χ0v) is 10.0. The summed E-state index contributed by atoms with van der Waals surface area (Å²) < 4.78 is 0. The fourth-order valence-electron chi connectivity index (χ4n) is 2.17. The van der Waals surface area contributed by atoms with Crippen LogP contribution in [0, 0.1) is 5.92 Å². The maximum absolute atomic E-state index is 12.0. The van der Waals surface area contributed by atoms with E-state index in [1.807, 2.05) is 0 Å². The molecule has 16 heavy (non-hydrogen) atoms. The number of aliphatic carboxylic acids is 1. The molecule has 2 fully saturated rings. The van der Waals surface area contributed by atoms with Crippen LogP contribution in [-0.2, 0) is 9.59 Å². The summed E-state index contributed by atoms with van der Waals surface area (Å²) in [7, 11) is 0. The third-order valence-electron chi connectivity index (χ3n) is 3.42. The predicted molar refractivity (Wildman–Crippen MR) is 62.4 cm³/mol. The molecule has 2 aliphatic rings. The Kier molecular flexibility index (Phi) is 3.74. The smallest absolute Gasteiger partial charge is 0.327 e. The van der Waals surface area contributed by atoms with E-state index in [4.69, 9.17) is 5.11 Å². The fourth-order valence-corrected chi connectivity index (χ4v) is 3.21. The molecular weight excluding hydrogens is 226 g/mol. The monoisotopic (exact) mass is 243 g/mol. The van der Waals surface area contributed by atoms with Crippen molar-refractivity contribution < 1.29 is 14.7 Å². The molecule has 1 atom stereocenters. The van der Waals surface area contributed by atoms with Crippen molar-refractivity contribution in [2.24, 2.45) is 5.92 Å². The number of nitrogens with zero attached hydrogens (tertiary/aromatic N) is 1. The predicted octanol–water partition coefficient (Wildman–Crippen LogP) is 1.21. The Balaban J connectivity index is 1.93. The van der Waals surface area contributed by atoms with Gasteiger partial charge >= 0.3 is 5.97 Å². The number of carboxylic acids is 1. The van der Waals surface area contributed by atoms with E-state index in [9.17, 15) is 9.59 Å². The van der Waals surface area contributed by atoms with Crippen molar-refractivity contribution in [1.29, 1.82) is 0 Å². The summed E-state index contributed by atoms with van der Waals surface area (Å²) in [6.45, 7) is 0.590. The summed E-state index contributed by atoms with van der Waals surface area (Å²) in [5.41, 5.74) is 0. The molecule has 1 N–H and O–H groups in total. The highest BCUT2D eigenvalue weighted by atomic mass is 32.2. The summed E-state index contributed by atoms with van der Waals surface area (Å²) in [4.78, 5) is 24.6. The molecule has 0 bridgehead atoms. The Labute approximate surface area is 99.4 Å². The van der Waals surface area contributed by atoms with E-state index in [0.717, 1.165) is 18.6 Å². The van der Waals surface area contributed by atoms with Crippen LogP contribution in [-0.4, -0.2) is 46.0 Å². The number of rotatable bonds is 3. The molecule has 2 rings (SSSR count). The van der Waals surface area contributed by atoms with Gasteiger partial charge in [-0.25, -0.2) is 4.79 Å². The van der Waals surface area contributed by atoms with E-state index in [1.54, 1.807) is 16.7 Å². The number of hydrogen-bond acceptors (Lipinski definition) is 3. The van der Waals surface area contributed by atoms with Crippen molar-refractivity contribution in [3.8, 4) is 0 Å². The van der Waals surface area contributed by atoms with Crippen LogP contribution in [0.4, 0.5) is 0 Å². The lowest BCUT2D eigenvalue weighted by molar-refractivity contribution is -0.149. The van der Waals surface area contributed by atoms with Crippen LogP contribution in [0.1, 0.15) is 25.7 Å². The van der Waals surface area contributed by atoms with Gasteiger partial charge in [-0.3, -0.25) is 4.79 Å². The second kappa shape index (κ2) is 5.08. The minimum Gasteiger partial charge on any atom is -0.480 e. The lowest BCUT2D eigenvalue weighted by Gasteiger charge is -2.35. The van der Waals surface area contributed by atoms with Crippen molar-refractivity contribution in [3.05, 3.63) is 0 Å². The highest BCUT2D eigenvalue weighted by Gasteiger charge is 2.33. The SMILES string of the molecule is O=C(O)C1CSCCN1C(=O)CC1CCC1. The lowest BCUT2D eigenvalue weighted by atomic mass is 9.82. The van der Waals surface area contributed by atoms with Crippen molar-refractivity contribution in [2.75, 3.05) is 18.1 Å². The number of hydrogen-bond donors (Lipinski definition) is 1. The molecule has 1 unspecified atom stereocenters. The van der Waals surface area contributed by atoms with E-state index >= 15 is 0 Å². The third-order valence-corrected chi connectivity index (χ3v) is 4.44. The third kappa shape index (κ3) is 2.51. The van der Waals surface area contributed by atoms with E-state index in [-0.39, 0.29) is 5.91 Å². The van der Waals surface area contributed by atoms with Gasteiger partial charge in [0.25, 0.3) is 0 Å². The summed E-state index contributed by atoms with van der Waals surface area (Å²) in [6, 6.07) is -0.605. The van der Waals surface area contributed by atoms with Gasteiger partial charge in [-0.2, -0.15) is 11.8 Å². The topological polar surface area (TPSA) is 57.6 Å². The van der Waals surface area contributed by atoms with Crippen molar-refractivity contribution in [2.45, 2.75) is 31.7 Å². The molecule has 0 aromatic rings.